The summed E-state index contributed by atoms with van der Waals surface area (Å²) in [5.74, 6) is 0.397. The molecule has 1 aliphatic heterocycles. The first-order valence-corrected chi connectivity index (χ1v) is 9.97. The van der Waals surface area contributed by atoms with Crippen molar-refractivity contribution in [2.45, 2.75) is 32.7 Å². The monoisotopic (exact) mass is 411 g/mol. The number of hydrogen-bond acceptors (Lipinski definition) is 4. The maximum atomic E-state index is 12.5. The molecule has 4 rings (SSSR count). The maximum absolute atomic E-state index is 12.5. The van der Waals surface area contributed by atoms with Crippen LogP contribution in [0.4, 0.5) is 0 Å². The zero-order chi connectivity index (χ0) is 17.4. The number of aromatic nitrogens is 1. The summed E-state index contributed by atoms with van der Waals surface area (Å²) in [5.41, 5.74) is 2.32. The molecule has 4 nitrogen and oxygen atoms in total. The van der Waals surface area contributed by atoms with Crippen LogP contribution in [0.25, 0.3) is 11.3 Å². The smallest absolute Gasteiger partial charge is 0.224 e. The van der Waals surface area contributed by atoms with Crippen molar-refractivity contribution in [3.05, 3.63) is 39.2 Å². The van der Waals surface area contributed by atoms with Gasteiger partial charge in [-0.25, -0.2) is 4.98 Å². The highest BCUT2D eigenvalue weighted by molar-refractivity contribution is 7.12. The molecule has 1 atom stereocenters. The normalized spacial score (nSPS) is 20.5. The van der Waals surface area contributed by atoms with E-state index in [2.05, 4.69) is 17.6 Å². The van der Waals surface area contributed by atoms with E-state index in [-0.39, 0.29) is 29.6 Å². The van der Waals surface area contributed by atoms with E-state index in [1.54, 1.807) is 11.3 Å². The zero-order valence-electron chi connectivity index (χ0n) is 14.7. The van der Waals surface area contributed by atoms with Gasteiger partial charge in [0.2, 0.25) is 5.91 Å². The molecule has 0 bridgehead atoms. The maximum Gasteiger partial charge on any atom is 0.224 e. The van der Waals surface area contributed by atoms with Crippen LogP contribution in [-0.2, 0) is 11.3 Å². The third-order valence-corrected chi connectivity index (χ3v) is 6.70. The predicted molar refractivity (Wildman–Crippen MR) is 109 cm³/mol. The number of benzene rings is 1. The summed E-state index contributed by atoms with van der Waals surface area (Å²) in [6, 6.07) is 7.72. The van der Waals surface area contributed by atoms with Gasteiger partial charge in [-0.1, -0.05) is 23.7 Å². The molecule has 1 spiro atoms. The first-order valence-electron chi connectivity index (χ1n) is 8.78. The summed E-state index contributed by atoms with van der Waals surface area (Å²) in [6.45, 7) is 4.67. The number of carbonyl (C=O) groups excluding carboxylic acids is 1. The van der Waals surface area contributed by atoms with E-state index in [1.165, 1.54) is 0 Å². The number of carbonyl (C=O) groups is 1. The summed E-state index contributed by atoms with van der Waals surface area (Å²) in [5, 5.41) is 8.16. The van der Waals surface area contributed by atoms with E-state index >= 15 is 0 Å². The Morgan fingerprint density at radius 3 is 2.73 bits per heavy atom. The standard InChI is InChI=1S/C19H22ClN3OS.ClH/c1-12-17(13-2-4-14(20)5-3-13)23-16(25-12)11-22-18(24)15-10-19(15)6-8-21-9-7-19;/h2-5,15,21H,6-11H2,1H3,(H,22,24);1H. The Morgan fingerprint density at radius 2 is 2.04 bits per heavy atom. The summed E-state index contributed by atoms with van der Waals surface area (Å²) in [4.78, 5) is 18.4. The third kappa shape index (κ3) is 3.91. The van der Waals surface area contributed by atoms with Gasteiger partial charge in [0.25, 0.3) is 0 Å². The molecule has 2 aliphatic rings. The minimum absolute atomic E-state index is 0. The Hall–Kier alpha value is -1.14. The van der Waals surface area contributed by atoms with Crippen molar-refractivity contribution in [3.63, 3.8) is 0 Å². The van der Waals surface area contributed by atoms with E-state index in [0.29, 0.717) is 6.54 Å². The highest BCUT2D eigenvalue weighted by Gasteiger charge is 2.57. The molecule has 1 saturated carbocycles. The van der Waals surface area contributed by atoms with Crippen molar-refractivity contribution < 1.29 is 4.79 Å². The largest absolute Gasteiger partial charge is 0.349 e. The van der Waals surface area contributed by atoms with Gasteiger partial charge in [0.05, 0.1) is 12.2 Å². The lowest BCUT2D eigenvalue weighted by Crippen LogP contribution is -2.33. The van der Waals surface area contributed by atoms with Crippen molar-refractivity contribution in [3.8, 4) is 11.3 Å². The first kappa shape index (κ1) is 19.6. The van der Waals surface area contributed by atoms with E-state index < -0.39 is 0 Å². The van der Waals surface area contributed by atoms with Crippen LogP contribution in [0.5, 0.6) is 0 Å². The number of hydrogen-bond donors (Lipinski definition) is 2. The fourth-order valence-electron chi connectivity index (χ4n) is 3.88. The SMILES string of the molecule is Cc1sc(CNC(=O)C2CC23CCNCC3)nc1-c1ccc(Cl)cc1.Cl. The average molecular weight is 412 g/mol. The second-order valence-corrected chi connectivity index (χ2v) is 8.83. The summed E-state index contributed by atoms with van der Waals surface area (Å²) < 4.78 is 0. The Kier molecular flexibility index (Phi) is 5.92. The van der Waals surface area contributed by atoms with Crippen molar-refractivity contribution in [2.24, 2.45) is 11.3 Å². The lowest BCUT2D eigenvalue weighted by atomic mass is 9.92. The van der Waals surface area contributed by atoms with Gasteiger partial charge in [0.15, 0.2) is 0 Å². The number of nitrogens with one attached hydrogen (secondary N) is 2. The number of amides is 1. The molecular weight excluding hydrogens is 389 g/mol. The molecule has 1 aromatic heterocycles. The van der Waals surface area contributed by atoms with Gasteiger partial charge in [-0.3, -0.25) is 4.79 Å². The second-order valence-electron chi connectivity index (χ2n) is 7.11. The van der Waals surface area contributed by atoms with E-state index in [9.17, 15) is 4.79 Å². The zero-order valence-corrected chi connectivity index (χ0v) is 17.1. The minimum Gasteiger partial charge on any atom is -0.349 e. The molecule has 26 heavy (non-hydrogen) atoms. The molecule has 2 N–H and O–H groups in total. The average Bonchev–Trinajstić information content (AvgIpc) is 3.17. The fourth-order valence-corrected chi connectivity index (χ4v) is 4.90. The molecule has 1 unspecified atom stereocenters. The van der Waals surface area contributed by atoms with E-state index in [1.807, 2.05) is 24.3 Å². The van der Waals surface area contributed by atoms with Crippen LogP contribution in [0.1, 0.15) is 29.1 Å². The van der Waals surface area contributed by atoms with Crippen LogP contribution in [0.2, 0.25) is 5.02 Å². The number of aryl methyl sites for hydroxylation is 1. The van der Waals surface area contributed by atoms with Crippen LogP contribution in [0.15, 0.2) is 24.3 Å². The Bertz CT molecular complexity index is 785. The van der Waals surface area contributed by atoms with E-state index in [4.69, 9.17) is 16.6 Å². The molecule has 1 aromatic carbocycles. The molecule has 7 heteroatoms. The van der Waals surface area contributed by atoms with Gasteiger partial charge in [-0.05, 0) is 56.8 Å². The number of halogens is 2. The number of piperidine rings is 1. The van der Waals surface area contributed by atoms with Gasteiger partial charge in [0, 0.05) is 21.4 Å². The molecular formula is C19H23Cl2N3OS. The molecule has 1 saturated heterocycles. The molecule has 2 fully saturated rings. The van der Waals surface area contributed by atoms with Crippen molar-refractivity contribution in [1.29, 1.82) is 0 Å². The topological polar surface area (TPSA) is 54.0 Å². The van der Waals surface area contributed by atoms with Crippen molar-refractivity contribution >= 4 is 41.3 Å². The second kappa shape index (κ2) is 7.85. The van der Waals surface area contributed by atoms with Crippen LogP contribution in [0, 0.1) is 18.3 Å². The van der Waals surface area contributed by atoms with Gasteiger partial charge >= 0.3 is 0 Å². The van der Waals surface area contributed by atoms with Gasteiger partial charge in [-0.15, -0.1) is 23.7 Å². The van der Waals surface area contributed by atoms with Crippen molar-refractivity contribution in [2.75, 3.05) is 13.1 Å². The number of thiazole rings is 1. The van der Waals surface area contributed by atoms with E-state index in [0.717, 1.165) is 58.5 Å². The third-order valence-electron chi connectivity index (χ3n) is 5.48. The molecule has 2 aromatic rings. The Balaban J connectivity index is 0.00000196. The lowest BCUT2D eigenvalue weighted by Gasteiger charge is -2.23. The Labute approximate surface area is 169 Å². The lowest BCUT2D eigenvalue weighted by molar-refractivity contribution is -0.123. The minimum atomic E-state index is 0. The molecule has 0 radical (unpaired) electrons. The molecule has 140 valence electrons. The van der Waals surface area contributed by atoms with Gasteiger partial charge in [0.1, 0.15) is 5.01 Å². The predicted octanol–water partition coefficient (Wildman–Crippen LogP) is 4.20. The van der Waals surface area contributed by atoms with Gasteiger partial charge < -0.3 is 10.6 Å². The van der Waals surface area contributed by atoms with Crippen molar-refractivity contribution in [1.82, 2.24) is 15.6 Å². The van der Waals surface area contributed by atoms with Crippen LogP contribution >= 0.6 is 35.3 Å². The van der Waals surface area contributed by atoms with Crippen LogP contribution in [-0.4, -0.2) is 24.0 Å². The first-order chi connectivity index (χ1) is 12.1. The molecule has 1 amide bonds. The highest BCUT2D eigenvalue weighted by atomic mass is 35.5. The molecule has 1 aliphatic carbocycles. The van der Waals surface area contributed by atoms with Gasteiger partial charge in [-0.2, -0.15) is 0 Å². The molecule has 2 heterocycles. The van der Waals surface area contributed by atoms with Crippen LogP contribution < -0.4 is 10.6 Å². The quantitative estimate of drug-likeness (QED) is 0.792. The summed E-state index contributed by atoms with van der Waals surface area (Å²) in [7, 11) is 0. The summed E-state index contributed by atoms with van der Waals surface area (Å²) in [6.07, 6.45) is 3.30. The fraction of sp³-hybridized carbons (Fsp3) is 0.474. The summed E-state index contributed by atoms with van der Waals surface area (Å²) >= 11 is 7.60. The highest BCUT2D eigenvalue weighted by Crippen LogP contribution is 2.58. The Morgan fingerprint density at radius 1 is 1.35 bits per heavy atom. The number of nitrogens with zero attached hydrogens (tertiary/aromatic N) is 1. The van der Waals surface area contributed by atoms with Crippen LogP contribution in [0.3, 0.4) is 0 Å². The number of rotatable bonds is 4.